The van der Waals surface area contributed by atoms with Crippen molar-refractivity contribution in [2.24, 2.45) is 7.05 Å². The molecule has 0 unspecified atom stereocenters. The minimum atomic E-state index is -0.879. The van der Waals surface area contributed by atoms with E-state index in [1.165, 1.54) is 0 Å². The van der Waals surface area contributed by atoms with E-state index in [2.05, 4.69) is 10.2 Å². The highest BCUT2D eigenvalue weighted by molar-refractivity contribution is 7.99. The Morgan fingerprint density at radius 2 is 2.28 bits per heavy atom. The van der Waals surface area contributed by atoms with Crippen molar-refractivity contribution in [2.45, 2.75) is 18.5 Å². The topological polar surface area (TPSA) is 81.1 Å². The molecule has 0 aliphatic carbocycles. The Hall–Kier alpha value is -1.76. The first-order valence-electron chi connectivity index (χ1n) is 5.45. The predicted molar refractivity (Wildman–Crippen MR) is 66.4 cm³/mol. The van der Waals surface area contributed by atoms with Crippen molar-refractivity contribution in [3.05, 3.63) is 17.9 Å². The molecule has 6 nitrogen and oxygen atoms in total. The summed E-state index contributed by atoms with van der Waals surface area (Å²) >= 11 is 1.13. The van der Waals surface area contributed by atoms with Crippen LogP contribution in [-0.2, 0) is 18.3 Å². The van der Waals surface area contributed by atoms with Crippen LogP contribution in [0.15, 0.2) is 21.7 Å². The lowest BCUT2D eigenvalue weighted by atomic mass is 10.3. The molecule has 0 aliphatic heterocycles. The summed E-state index contributed by atoms with van der Waals surface area (Å²) in [5.74, 6) is 1.21. The highest BCUT2D eigenvalue weighted by atomic mass is 32.2. The Bertz CT molecular complexity index is 562. The van der Waals surface area contributed by atoms with Crippen LogP contribution in [0.1, 0.15) is 12.7 Å². The third-order valence-electron chi connectivity index (χ3n) is 2.39. The van der Waals surface area contributed by atoms with E-state index in [9.17, 15) is 4.79 Å². The summed E-state index contributed by atoms with van der Waals surface area (Å²) in [4.78, 5) is 10.5. The van der Waals surface area contributed by atoms with Gasteiger partial charge < -0.3 is 14.1 Å². The predicted octanol–water partition coefficient (Wildman–Crippen LogP) is 1.81. The van der Waals surface area contributed by atoms with Gasteiger partial charge in [0.15, 0.2) is 16.7 Å². The first-order chi connectivity index (χ1) is 8.61. The van der Waals surface area contributed by atoms with E-state index in [1.54, 1.807) is 11.6 Å². The average molecular weight is 267 g/mol. The first-order valence-corrected chi connectivity index (χ1v) is 6.43. The lowest BCUT2D eigenvalue weighted by Crippen LogP contribution is -2.00. The Labute approximate surface area is 108 Å². The summed E-state index contributed by atoms with van der Waals surface area (Å²) in [6.07, 6.45) is 0.818. The zero-order valence-electron chi connectivity index (χ0n) is 10.1. The van der Waals surface area contributed by atoms with Crippen molar-refractivity contribution >= 4 is 17.7 Å². The number of hydrogen-bond donors (Lipinski definition) is 1. The van der Waals surface area contributed by atoms with Crippen LogP contribution in [0.25, 0.3) is 11.6 Å². The van der Waals surface area contributed by atoms with E-state index in [0.29, 0.717) is 16.7 Å². The summed E-state index contributed by atoms with van der Waals surface area (Å²) in [6, 6.07) is 3.74. The summed E-state index contributed by atoms with van der Waals surface area (Å²) < 4.78 is 7.32. The molecule has 0 saturated heterocycles. The number of thioether (sulfide) groups is 1. The van der Waals surface area contributed by atoms with Gasteiger partial charge in [0.05, 0.1) is 5.75 Å². The van der Waals surface area contributed by atoms with Crippen molar-refractivity contribution < 1.29 is 14.3 Å². The molecular formula is C11H13N3O3S. The maximum atomic E-state index is 10.5. The number of nitrogens with zero attached hydrogens (tertiary/aromatic N) is 3. The van der Waals surface area contributed by atoms with Gasteiger partial charge in [-0.15, -0.1) is 10.2 Å². The van der Waals surface area contributed by atoms with Crippen LogP contribution >= 0.6 is 11.8 Å². The fourth-order valence-electron chi connectivity index (χ4n) is 1.47. The molecular weight excluding hydrogens is 254 g/mol. The molecule has 1 N–H and O–H groups in total. The largest absolute Gasteiger partial charge is 0.481 e. The molecule has 0 atom stereocenters. The second kappa shape index (κ2) is 5.26. The zero-order valence-corrected chi connectivity index (χ0v) is 10.9. The van der Waals surface area contributed by atoms with E-state index in [0.717, 1.165) is 23.9 Å². The molecule has 0 aliphatic rings. The van der Waals surface area contributed by atoms with Gasteiger partial charge >= 0.3 is 5.97 Å². The normalized spacial score (nSPS) is 10.8. The molecule has 0 saturated carbocycles. The quantitative estimate of drug-likeness (QED) is 0.832. The third-order valence-corrected chi connectivity index (χ3v) is 3.40. The fourth-order valence-corrected chi connectivity index (χ4v) is 2.10. The molecule has 0 amide bonds. The second-order valence-electron chi connectivity index (χ2n) is 3.67. The molecule has 0 radical (unpaired) electrons. The van der Waals surface area contributed by atoms with Gasteiger partial charge in [0.1, 0.15) is 5.76 Å². The second-order valence-corrected chi connectivity index (χ2v) is 4.61. The van der Waals surface area contributed by atoms with Gasteiger partial charge in [-0.1, -0.05) is 18.7 Å². The molecule has 0 spiro atoms. The molecule has 0 bridgehead atoms. The minimum absolute atomic E-state index is 0.0374. The molecule has 7 heteroatoms. The number of carbonyl (C=O) groups is 1. The SMILES string of the molecule is CCc1ccc(-c2nnc(SCC(=O)O)n2C)o1. The molecule has 0 aromatic carbocycles. The summed E-state index contributed by atoms with van der Waals surface area (Å²) in [5.41, 5.74) is 0. The van der Waals surface area contributed by atoms with Gasteiger partial charge in [-0.2, -0.15) is 0 Å². The van der Waals surface area contributed by atoms with Crippen LogP contribution in [0.3, 0.4) is 0 Å². The van der Waals surface area contributed by atoms with Gasteiger partial charge in [0.25, 0.3) is 0 Å². The molecule has 2 heterocycles. The number of aromatic nitrogens is 3. The van der Waals surface area contributed by atoms with Gasteiger partial charge in [-0.05, 0) is 12.1 Å². The minimum Gasteiger partial charge on any atom is -0.481 e. The standard InChI is InChI=1S/C11H13N3O3S/c1-3-7-4-5-8(17-7)10-12-13-11(14(10)2)18-6-9(15)16/h4-5H,3,6H2,1-2H3,(H,15,16). The van der Waals surface area contributed by atoms with Crippen LogP contribution in [0, 0.1) is 0 Å². The molecule has 18 heavy (non-hydrogen) atoms. The van der Waals surface area contributed by atoms with Crippen molar-refractivity contribution in [3.63, 3.8) is 0 Å². The van der Waals surface area contributed by atoms with Crippen molar-refractivity contribution in [2.75, 3.05) is 5.75 Å². The van der Waals surface area contributed by atoms with E-state index in [-0.39, 0.29) is 5.75 Å². The van der Waals surface area contributed by atoms with Gasteiger partial charge in [0, 0.05) is 13.5 Å². The smallest absolute Gasteiger partial charge is 0.313 e. The number of aliphatic carboxylic acids is 1. The number of rotatable bonds is 5. The van der Waals surface area contributed by atoms with Crippen molar-refractivity contribution in [3.8, 4) is 11.6 Å². The lowest BCUT2D eigenvalue weighted by molar-refractivity contribution is -0.133. The van der Waals surface area contributed by atoms with Crippen LogP contribution in [0.5, 0.6) is 0 Å². The van der Waals surface area contributed by atoms with Crippen LogP contribution < -0.4 is 0 Å². The Morgan fingerprint density at radius 3 is 2.89 bits per heavy atom. The van der Waals surface area contributed by atoms with Crippen molar-refractivity contribution in [1.82, 2.24) is 14.8 Å². The van der Waals surface area contributed by atoms with Crippen LogP contribution in [-0.4, -0.2) is 31.6 Å². The fraction of sp³-hybridized carbons (Fsp3) is 0.364. The Balaban J connectivity index is 2.22. The molecule has 2 aromatic heterocycles. The monoisotopic (exact) mass is 267 g/mol. The number of carboxylic acid groups (broad SMARTS) is 1. The number of hydrogen-bond acceptors (Lipinski definition) is 5. The van der Waals surface area contributed by atoms with E-state index < -0.39 is 5.97 Å². The molecule has 2 aromatic rings. The summed E-state index contributed by atoms with van der Waals surface area (Å²) in [6.45, 7) is 2.01. The first kappa shape index (κ1) is 12.7. The number of furan rings is 1. The van der Waals surface area contributed by atoms with Gasteiger partial charge in [-0.25, -0.2) is 0 Å². The zero-order chi connectivity index (χ0) is 13.1. The Morgan fingerprint density at radius 1 is 1.50 bits per heavy atom. The summed E-state index contributed by atoms with van der Waals surface area (Å²) in [5, 5.41) is 17.2. The number of carboxylic acids is 1. The lowest BCUT2D eigenvalue weighted by Gasteiger charge is -2.00. The summed E-state index contributed by atoms with van der Waals surface area (Å²) in [7, 11) is 1.79. The van der Waals surface area contributed by atoms with E-state index >= 15 is 0 Å². The van der Waals surface area contributed by atoms with Gasteiger partial charge in [0.2, 0.25) is 0 Å². The molecule has 2 rings (SSSR count). The highest BCUT2D eigenvalue weighted by Crippen LogP contribution is 2.24. The Kier molecular flexibility index (Phi) is 3.71. The molecule has 0 fully saturated rings. The van der Waals surface area contributed by atoms with Crippen LogP contribution in [0.4, 0.5) is 0 Å². The maximum Gasteiger partial charge on any atom is 0.313 e. The van der Waals surface area contributed by atoms with Crippen LogP contribution in [0.2, 0.25) is 0 Å². The highest BCUT2D eigenvalue weighted by Gasteiger charge is 2.15. The maximum absolute atomic E-state index is 10.5. The average Bonchev–Trinajstić information content (AvgIpc) is 2.93. The number of aryl methyl sites for hydroxylation is 1. The van der Waals surface area contributed by atoms with Crippen molar-refractivity contribution in [1.29, 1.82) is 0 Å². The van der Waals surface area contributed by atoms with E-state index in [4.69, 9.17) is 9.52 Å². The molecule has 96 valence electrons. The van der Waals surface area contributed by atoms with E-state index in [1.807, 2.05) is 19.1 Å². The van der Waals surface area contributed by atoms with Gasteiger partial charge in [-0.3, -0.25) is 4.79 Å². The third kappa shape index (κ3) is 2.56.